The summed E-state index contributed by atoms with van der Waals surface area (Å²) in [6, 6.07) is 8.21. The number of thiophene rings is 1. The summed E-state index contributed by atoms with van der Waals surface area (Å²) < 4.78 is 14.6. The van der Waals surface area contributed by atoms with Gasteiger partial charge in [0.1, 0.15) is 10.6 Å². The number of carbonyl (C=O) groups is 1. The second-order valence-electron chi connectivity index (χ2n) is 5.17. The molecule has 0 radical (unpaired) electrons. The molecule has 0 spiro atoms. The third-order valence-electron chi connectivity index (χ3n) is 3.53. The molecule has 0 saturated heterocycles. The Kier molecular flexibility index (Phi) is 3.94. The van der Waals surface area contributed by atoms with E-state index in [4.69, 9.17) is 0 Å². The van der Waals surface area contributed by atoms with Crippen LogP contribution in [-0.4, -0.2) is 22.2 Å². The van der Waals surface area contributed by atoms with Gasteiger partial charge in [-0.1, -0.05) is 12.1 Å². The van der Waals surface area contributed by atoms with Gasteiger partial charge in [0.15, 0.2) is 0 Å². The van der Waals surface area contributed by atoms with Crippen LogP contribution in [0.15, 0.2) is 30.3 Å². The average Bonchev–Trinajstić information content (AvgIpc) is 3.04. The Balaban J connectivity index is 1.63. The second kappa shape index (κ2) is 5.88. The highest BCUT2D eigenvalue weighted by atomic mass is 32.1. The normalized spacial score (nSPS) is 11.0. The van der Waals surface area contributed by atoms with Gasteiger partial charge >= 0.3 is 0 Å². The van der Waals surface area contributed by atoms with Crippen molar-refractivity contribution in [3.05, 3.63) is 52.3 Å². The topological polar surface area (TPSA) is 46.9 Å². The highest BCUT2D eigenvalue weighted by molar-refractivity contribution is 7.20. The van der Waals surface area contributed by atoms with Crippen LogP contribution in [0, 0.1) is 12.7 Å². The minimum atomic E-state index is -0.248. The first-order chi connectivity index (χ1) is 10.5. The number of aromatic nitrogens is 2. The predicted molar refractivity (Wildman–Crippen MR) is 85.8 cm³/mol. The molecular formula is C16H16FN3OS. The fourth-order valence-corrected chi connectivity index (χ4v) is 3.42. The molecule has 1 N–H and O–H groups in total. The summed E-state index contributed by atoms with van der Waals surface area (Å²) in [5.41, 5.74) is 1.93. The van der Waals surface area contributed by atoms with Crippen molar-refractivity contribution in [3.63, 3.8) is 0 Å². The first-order valence-electron chi connectivity index (χ1n) is 7.00. The van der Waals surface area contributed by atoms with Crippen LogP contribution in [0.5, 0.6) is 0 Å². The molecule has 2 aromatic heterocycles. The van der Waals surface area contributed by atoms with E-state index in [2.05, 4.69) is 10.4 Å². The van der Waals surface area contributed by atoms with Crippen molar-refractivity contribution in [2.45, 2.75) is 13.3 Å². The van der Waals surface area contributed by atoms with Crippen molar-refractivity contribution in [3.8, 4) is 0 Å². The summed E-state index contributed by atoms with van der Waals surface area (Å²) >= 11 is 1.44. The predicted octanol–water partition coefficient (Wildman–Crippen LogP) is 3.05. The number of hydrogen-bond donors (Lipinski definition) is 1. The van der Waals surface area contributed by atoms with Gasteiger partial charge in [0.25, 0.3) is 5.91 Å². The molecule has 0 aliphatic rings. The smallest absolute Gasteiger partial charge is 0.261 e. The third-order valence-corrected chi connectivity index (χ3v) is 4.73. The number of carbonyl (C=O) groups excluding carboxylic acids is 1. The van der Waals surface area contributed by atoms with Crippen LogP contribution in [0.4, 0.5) is 4.39 Å². The van der Waals surface area contributed by atoms with E-state index in [0.717, 1.165) is 21.5 Å². The Labute approximate surface area is 131 Å². The molecule has 0 aliphatic heterocycles. The Hall–Kier alpha value is -2.21. The number of benzene rings is 1. The highest BCUT2D eigenvalue weighted by Gasteiger charge is 2.14. The molecule has 2 heterocycles. The fraction of sp³-hybridized carbons (Fsp3) is 0.250. The molecule has 3 aromatic rings. The molecular weight excluding hydrogens is 301 g/mol. The van der Waals surface area contributed by atoms with E-state index in [0.29, 0.717) is 17.8 Å². The van der Waals surface area contributed by atoms with Gasteiger partial charge in [-0.25, -0.2) is 4.39 Å². The lowest BCUT2D eigenvalue weighted by atomic mass is 10.1. The third kappa shape index (κ3) is 2.87. The zero-order valence-corrected chi connectivity index (χ0v) is 13.2. The highest BCUT2D eigenvalue weighted by Crippen LogP contribution is 2.27. The standard InChI is InChI=1S/C16H16FN3OS/c1-10-13-9-14(22-16(13)20(2)19-10)15(21)18-8-7-11-3-5-12(17)6-4-11/h3-6,9H,7-8H2,1-2H3,(H,18,21). The lowest BCUT2D eigenvalue weighted by Crippen LogP contribution is -2.24. The van der Waals surface area contributed by atoms with Crippen LogP contribution in [-0.2, 0) is 13.5 Å². The van der Waals surface area contributed by atoms with E-state index in [1.165, 1.54) is 23.5 Å². The molecule has 0 atom stereocenters. The minimum Gasteiger partial charge on any atom is -0.351 e. The molecule has 0 aliphatic carbocycles. The molecule has 114 valence electrons. The van der Waals surface area contributed by atoms with E-state index < -0.39 is 0 Å². The molecule has 0 bridgehead atoms. The van der Waals surface area contributed by atoms with Crippen LogP contribution in [0.3, 0.4) is 0 Å². The zero-order valence-electron chi connectivity index (χ0n) is 12.4. The van der Waals surface area contributed by atoms with Gasteiger partial charge in [0.2, 0.25) is 0 Å². The van der Waals surface area contributed by atoms with E-state index in [1.807, 2.05) is 20.0 Å². The van der Waals surface area contributed by atoms with Crippen LogP contribution in [0.1, 0.15) is 20.9 Å². The van der Waals surface area contributed by atoms with Crippen LogP contribution in [0.25, 0.3) is 10.2 Å². The fourth-order valence-electron chi connectivity index (χ4n) is 2.38. The van der Waals surface area contributed by atoms with E-state index >= 15 is 0 Å². The molecule has 0 fully saturated rings. The number of hydrogen-bond acceptors (Lipinski definition) is 3. The minimum absolute atomic E-state index is 0.0808. The van der Waals surface area contributed by atoms with E-state index in [1.54, 1.807) is 16.8 Å². The van der Waals surface area contributed by atoms with Gasteiger partial charge in [0.05, 0.1) is 10.6 Å². The number of amides is 1. The Bertz CT molecular complexity index is 785. The van der Waals surface area contributed by atoms with E-state index in [-0.39, 0.29) is 11.7 Å². The maximum Gasteiger partial charge on any atom is 0.261 e. The summed E-state index contributed by atoms with van der Waals surface area (Å²) in [5, 5.41) is 8.25. The van der Waals surface area contributed by atoms with Crippen molar-refractivity contribution >= 4 is 27.5 Å². The maximum atomic E-state index is 12.8. The summed E-state index contributed by atoms with van der Waals surface area (Å²) in [7, 11) is 1.88. The average molecular weight is 317 g/mol. The Morgan fingerprint density at radius 1 is 1.36 bits per heavy atom. The van der Waals surface area contributed by atoms with Gasteiger partial charge < -0.3 is 5.32 Å². The Morgan fingerprint density at radius 3 is 2.77 bits per heavy atom. The number of aryl methyl sites for hydroxylation is 2. The summed E-state index contributed by atoms with van der Waals surface area (Å²) in [4.78, 5) is 13.9. The molecule has 0 unspecified atom stereocenters. The molecule has 3 rings (SSSR count). The first kappa shape index (κ1) is 14.7. The maximum absolute atomic E-state index is 12.8. The molecule has 1 amide bonds. The van der Waals surface area contributed by atoms with Crippen molar-refractivity contribution in [2.24, 2.45) is 7.05 Å². The second-order valence-corrected chi connectivity index (χ2v) is 6.20. The monoisotopic (exact) mass is 317 g/mol. The number of fused-ring (bicyclic) bond motifs is 1. The molecule has 0 saturated carbocycles. The van der Waals surface area contributed by atoms with Gasteiger partial charge in [-0.2, -0.15) is 5.10 Å². The first-order valence-corrected chi connectivity index (χ1v) is 7.82. The van der Waals surface area contributed by atoms with Crippen molar-refractivity contribution in [1.82, 2.24) is 15.1 Å². The van der Waals surface area contributed by atoms with Gasteiger partial charge in [-0.05, 0) is 37.1 Å². The zero-order chi connectivity index (χ0) is 15.7. The van der Waals surface area contributed by atoms with Gasteiger partial charge in [-0.15, -0.1) is 11.3 Å². The lowest BCUT2D eigenvalue weighted by molar-refractivity contribution is 0.0958. The number of nitrogens with zero attached hydrogens (tertiary/aromatic N) is 2. The number of rotatable bonds is 4. The molecule has 22 heavy (non-hydrogen) atoms. The molecule has 1 aromatic carbocycles. The van der Waals surface area contributed by atoms with Crippen LogP contribution in [0.2, 0.25) is 0 Å². The Morgan fingerprint density at radius 2 is 2.09 bits per heavy atom. The quantitative estimate of drug-likeness (QED) is 0.804. The van der Waals surface area contributed by atoms with Crippen molar-refractivity contribution < 1.29 is 9.18 Å². The summed E-state index contributed by atoms with van der Waals surface area (Å²) in [6.45, 7) is 2.46. The lowest BCUT2D eigenvalue weighted by Gasteiger charge is -2.04. The number of nitrogens with one attached hydrogen (secondary N) is 1. The van der Waals surface area contributed by atoms with Crippen LogP contribution >= 0.6 is 11.3 Å². The van der Waals surface area contributed by atoms with Gasteiger partial charge in [-0.3, -0.25) is 9.48 Å². The van der Waals surface area contributed by atoms with Gasteiger partial charge in [0, 0.05) is 19.0 Å². The molecule has 6 heteroatoms. The number of halogens is 1. The summed E-state index contributed by atoms with van der Waals surface area (Å²) in [5.74, 6) is -0.329. The van der Waals surface area contributed by atoms with Crippen LogP contribution < -0.4 is 5.32 Å². The largest absolute Gasteiger partial charge is 0.351 e. The van der Waals surface area contributed by atoms with Crippen molar-refractivity contribution in [2.75, 3.05) is 6.54 Å². The van der Waals surface area contributed by atoms with Crippen molar-refractivity contribution in [1.29, 1.82) is 0 Å². The summed E-state index contributed by atoms with van der Waals surface area (Å²) in [6.07, 6.45) is 0.678. The van der Waals surface area contributed by atoms with E-state index in [9.17, 15) is 9.18 Å². The molecule has 4 nitrogen and oxygen atoms in total. The SMILES string of the molecule is Cc1nn(C)c2sc(C(=O)NCCc3ccc(F)cc3)cc12.